The number of hydrogen-bond donors (Lipinski definition) is 0. The van der Waals surface area contributed by atoms with Crippen molar-refractivity contribution >= 4 is 38.4 Å². The van der Waals surface area contributed by atoms with E-state index in [1.54, 1.807) is 12.1 Å². The zero-order valence-corrected chi connectivity index (χ0v) is 13.7. The molecule has 0 amide bonds. The van der Waals surface area contributed by atoms with Crippen LogP contribution in [0.5, 0.6) is 0 Å². The van der Waals surface area contributed by atoms with Crippen molar-refractivity contribution in [1.29, 1.82) is 0 Å². The Labute approximate surface area is 148 Å². The molecular formula is C22H13NO3. The molecule has 124 valence electrons. The molecule has 1 aromatic heterocycles. The van der Waals surface area contributed by atoms with E-state index in [-0.39, 0.29) is 10.6 Å². The molecule has 1 heterocycles. The lowest BCUT2D eigenvalue weighted by Crippen LogP contribution is -1.90. The minimum Gasteiger partial charge on any atom is -0.456 e. The summed E-state index contributed by atoms with van der Waals surface area (Å²) in [7, 11) is 0. The Morgan fingerprint density at radius 1 is 0.692 bits per heavy atom. The van der Waals surface area contributed by atoms with Crippen molar-refractivity contribution in [1.82, 2.24) is 0 Å². The molecule has 0 aliphatic carbocycles. The van der Waals surface area contributed by atoms with Gasteiger partial charge in [0.2, 0.25) is 0 Å². The van der Waals surface area contributed by atoms with Gasteiger partial charge in [0.15, 0.2) is 0 Å². The average molecular weight is 339 g/mol. The minimum atomic E-state index is -0.328. The summed E-state index contributed by atoms with van der Waals surface area (Å²) in [5, 5.41) is 14.8. The second kappa shape index (κ2) is 5.43. The van der Waals surface area contributed by atoms with E-state index in [1.807, 2.05) is 66.7 Å². The van der Waals surface area contributed by atoms with E-state index in [0.717, 1.165) is 32.9 Å². The van der Waals surface area contributed by atoms with Crippen LogP contribution in [0.3, 0.4) is 0 Å². The number of non-ortho nitro benzene ring substituents is 1. The van der Waals surface area contributed by atoms with E-state index >= 15 is 0 Å². The standard InChI is InChI=1S/C22H13NO3/c24-23(25)17-10-4-8-15-12-13-19-22(20(15)17)21-16(9-5-11-18(21)26-19)14-6-2-1-3-7-14/h1-13H. The number of nitro groups is 1. The first-order valence-electron chi connectivity index (χ1n) is 8.31. The number of furan rings is 1. The SMILES string of the molecule is O=[N+]([O-])c1cccc2ccc3oc4cccc(-c5ccccc5)c4c3c12. The fourth-order valence-corrected chi connectivity index (χ4v) is 3.68. The van der Waals surface area contributed by atoms with Crippen molar-refractivity contribution in [3.05, 3.63) is 89.0 Å². The van der Waals surface area contributed by atoms with Gasteiger partial charge in [0.05, 0.1) is 10.3 Å². The van der Waals surface area contributed by atoms with Crippen molar-refractivity contribution in [2.75, 3.05) is 0 Å². The first-order valence-corrected chi connectivity index (χ1v) is 8.31. The van der Waals surface area contributed by atoms with Crippen LogP contribution in [0, 0.1) is 10.1 Å². The van der Waals surface area contributed by atoms with Crippen molar-refractivity contribution in [2.45, 2.75) is 0 Å². The number of hydrogen-bond acceptors (Lipinski definition) is 3. The fraction of sp³-hybridized carbons (Fsp3) is 0. The summed E-state index contributed by atoms with van der Waals surface area (Å²) in [5.41, 5.74) is 3.54. The third-order valence-electron chi connectivity index (χ3n) is 4.76. The van der Waals surface area contributed by atoms with Crippen LogP contribution in [0.2, 0.25) is 0 Å². The second-order valence-electron chi connectivity index (χ2n) is 6.22. The van der Waals surface area contributed by atoms with Gasteiger partial charge in [0, 0.05) is 16.8 Å². The Balaban J connectivity index is 2.05. The van der Waals surface area contributed by atoms with Gasteiger partial charge in [-0.25, -0.2) is 0 Å². The molecular weight excluding hydrogens is 326 g/mol. The number of rotatable bonds is 2. The molecule has 0 aliphatic heterocycles. The van der Waals surface area contributed by atoms with Crippen LogP contribution < -0.4 is 0 Å². The summed E-state index contributed by atoms with van der Waals surface area (Å²) in [6.45, 7) is 0. The summed E-state index contributed by atoms with van der Waals surface area (Å²) in [6.07, 6.45) is 0. The molecule has 26 heavy (non-hydrogen) atoms. The predicted molar refractivity (Wildman–Crippen MR) is 103 cm³/mol. The highest BCUT2D eigenvalue weighted by atomic mass is 16.6. The Morgan fingerprint density at radius 2 is 1.46 bits per heavy atom. The lowest BCUT2D eigenvalue weighted by atomic mass is 9.96. The molecule has 0 unspecified atom stereocenters. The first-order chi connectivity index (χ1) is 12.7. The molecule has 4 aromatic carbocycles. The van der Waals surface area contributed by atoms with Gasteiger partial charge in [-0.3, -0.25) is 10.1 Å². The van der Waals surface area contributed by atoms with Crippen molar-refractivity contribution in [2.24, 2.45) is 0 Å². The fourth-order valence-electron chi connectivity index (χ4n) is 3.68. The van der Waals surface area contributed by atoms with E-state index in [9.17, 15) is 10.1 Å². The Bertz CT molecular complexity index is 1300. The third-order valence-corrected chi connectivity index (χ3v) is 4.76. The highest BCUT2D eigenvalue weighted by molar-refractivity contribution is 6.24. The molecule has 0 radical (unpaired) electrons. The largest absolute Gasteiger partial charge is 0.456 e. The van der Waals surface area contributed by atoms with Crippen LogP contribution >= 0.6 is 0 Å². The third kappa shape index (κ3) is 2.02. The zero-order valence-electron chi connectivity index (χ0n) is 13.7. The average Bonchev–Trinajstić information content (AvgIpc) is 3.07. The molecule has 0 atom stereocenters. The van der Waals surface area contributed by atoms with Crippen LogP contribution in [0.15, 0.2) is 83.3 Å². The smallest absolute Gasteiger partial charge is 0.277 e. The molecule has 0 N–H and O–H groups in total. The van der Waals surface area contributed by atoms with Gasteiger partial charge in [-0.1, -0.05) is 60.7 Å². The Morgan fingerprint density at radius 3 is 2.27 bits per heavy atom. The van der Waals surface area contributed by atoms with E-state index in [4.69, 9.17) is 4.42 Å². The molecule has 0 bridgehead atoms. The number of benzene rings is 4. The molecule has 0 saturated carbocycles. The first kappa shape index (κ1) is 14.7. The molecule has 0 spiro atoms. The Kier molecular flexibility index (Phi) is 3.06. The van der Waals surface area contributed by atoms with Crippen molar-refractivity contribution in [3.8, 4) is 11.1 Å². The summed E-state index contributed by atoms with van der Waals surface area (Å²) < 4.78 is 6.03. The highest BCUT2D eigenvalue weighted by Crippen LogP contribution is 2.42. The molecule has 5 aromatic rings. The number of fused-ring (bicyclic) bond motifs is 5. The van der Waals surface area contributed by atoms with E-state index in [0.29, 0.717) is 11.0 Å². The molecule has 4 heteroatoms. The summed E-state index contributed by atoms with van der Waals surface area (Å²) in [6, 6.07) is 24.8. The maximum atomic E-state index is 11.6. The molecule has 0 aliphatic rings. The molecule has 0 saturated heterocycles. The van der Waals surface area contributed by atoms with Crippen LogP contribution in [0.4, 0.5) is 5.69 Å². The molecule has 5 rings (SSSR count). The van der Waals surface area contributed by atoms with Gasteiger partial charge >= 0.3 is 0 Å². The van der Waals surface area contributed by atoms with E-state index < -0.39 is 0 Å². The zero-order chi connectivity index (χ0) is 17.7. The normalized spacial score (nSPS) is 11.4. The monoisotopic (exact) mass is 339 g/mol. The topological polar surface area (TPSA) is 56.3 Å². The predicted octanol–water partition coefficient (Wildman–Crippen LogP) is 6.31. The van der Waals surface area contributed by atoms with Gasteiger partial charge in [-0.05, 0) is 28.6 Å². The lowest BCUT2D eigenvalue weighted by molar-refractivity contribution is -0.383. The quantitative estimate of drug-likeness (QED) is 0.279. The minimum absolute atomic E-state index is 0.0960. The van der Waals surface area contributed by atoms with E-state index in [2.05, 4.69) is 0 Å². The van der Waals surface area contributed by atoms with Gasteiger partial charge in [0.25, 0.3) is 5.69 Å². The van der Waals surface area contributed by atoms with Crippen LogP contribution in [0.1, 0.15) is 0 Å². The van der Waals surface area contributed by atoms with Crippen LogP contribution in [-0.4, -0.2) is 4.92 Å². The number of nitrogens with zero attached hydrogens (tertiary/aromatic N) is 1. The summed E-state index contributed by atoms with van der Waals surface area (Å²) >= 11 is 0. The number of nitro benzene ring substituents is 1. The summed E-state index contributed by atoms with van der Waals surface area (Å²) in [5.74, 6) is 0. The van der Waals surface area contributed by atoms with Gasteiger partial charge in [-0.2, -0.15) is 0 Å². The van der Waals surface area contributed by atoms with Gasteiger partial charge < -0.3 is 4.42 Å². The van der Waals surface area contributed by atoms with Gasteiger partial charge in [-0.15, -0.1) is 0 Å². The van der Waals surface area contributed by atoms with Crippen molar-refractivity contribution in [3.63, 3.8) is 0 Å². The summed E-state index contributed by atoms with van der Waals surface area (Å²) in [4.78, 5) is 11.3. The maximum absolute atomic E-state index is 11.6. The van der Waals surface area contributed by atoms with Crippen molar-refractivity contribution < 1.29 is 9.34 Å². The highest BCUT2D eigenvalue weighted by Gasteiger charge is 2.20. The maximum Gasteiger partial charge on any atom is 0.277 e. The lowest BCUT2D eigenvalue weighted by Gasteiger charge is -2.05. The second-order valence-corrected chi connectivity index (χ2v) is 6.22. The van der Waals surface area contributed by atoms with Crippen LogP contribution in [0.25, 0.3) is 43.8 Å². The molecule has 4 nitrogen and oxygen atoms in total. The van der Waals surface area contributed by atoms with E-state index in [1.165, 1.54) is 0 Å². The molecule has 0 fully saturated rings. The van der Waals surface area contributed by atoms with Gasteiger partial charge in [0.1, 0.15) is 11.2 Å². The van der Waals surface area contributed by atoms with Crippen LogP contribution in [-0.2, 0) is 0 Å². The Hall–Kier alpha value is -3.66.